The molecule has 3 heterocycles. The monoisotopic (exact) mass is 668 g/mol. The summed E-state index contributed by atoms with van der Waals surface area (Å²) in [6, 6.07) is 28.0. The van der Waals surface area contributed by atoms with Crippen molar-refractivity contribution in [1.82, 2.24) is 25.1 Å². The van der Waals surface area contributed by atoms with Gasteiger partial charge in [-0.2, -0.15) is 5.10 Å². The number of hydrogen-bond donors (Lipinski definition) is 1. The zero-order chi connectivity index (χ0) is 32.6. The minimum atomic E-state index is -0.314. The number of thioether (sulfide) groups is 1. The van der Waals surface area contributed by atoms with Crippen molar-refractivity contribution in [2.75, 3.05) is 26.6 Å². The highest BCUT2D eigenvalue weighted by Gasteiger charge is 2.34. The summed E-state index contributed by atoms with van der Waals surface area (Å²) in [6.45, 7) is -0.0707. The number of aromatic nitrogens is 3. The normalized spacial score (nSPS) is 14.0. The van der Waals surface area contributed by atoms with E-state index in [2.05, 4.69) is 15.5 Å². The van der Waals surface area contributed by atoms with Crippen molar-refractivity contribution < 1.29 is 23.8 Å². The van der Waals surface area contributed by atoms with E-state index in [0.717, 1.165) is 21.9 Å². The van der Waals surface area contributed by atoms with Gasteiger partial charge in [-0.3, -0.25) is 14.2 Å². The molecule has 0 spiro atoms. The average Bonchev–Trinajstić information content (AvgIpc) is 3.90. The minimum absolute atomic E-state index is 0.0540. The SMILES string of the molecule is COc1ccc(C2CC(c3cccs3)=NN2C(=O)CSc2nnc(CNC(=O)COc3ccccc3)n2-c2ccccc2OC)cc1. The number of nitrogens with one attached hydrogen (secondary N) is 1. The first kappa shape index (κ1) is 31.8. The van der Waals surface area contributed by atoms with Crippen LogP contribution in [0.5, 0.6) is 17.2 Å². The topological polar surface area (TPSA) is 120 Å². The molecule has 0 fully saturated rings. The third-order valence-electron chi connectivity index (χ3n) is 7.38. The molecule has 0 saturated carbocycles. The van der Waals surface area contributed by atoms with Crippen LogP contribution in [0, 0.1) is 0 Å². The van der Waals surface area contributed by atoms with E-state index in [1.165, 1.54) is 11.8 Å². The molecule has 11 nitrogen and oxygen atoms in total. The minimum Gasteiger partial charge on any atom is -0.497 e. The van der Waals surface area contributed by atoms with E-state index >= 15 is 0 Å². The van der Waals surface area contributed by atoms with E-state index in [-0.39, 0.29) is 36.8 Å². The lowest BCUT2D eigenvalue weighted by Gasteiger charge is -2.22. The Morgan fingerprint density at radius 1 is 0.915 bits per heavy atom. The maximum Gasteiger partial charge on any atom is 0.258 e. The number of hydrogen-bond acceptors (Lipinski definition) is 10. The quantitative estimate of drug-likeness (QED) is 0.163. The number of carbonyl (C=O) groups excluding carboxylic acids is 2. The number of carbonyl (C=O) groups is 2. The summed E-state index contributed by atoms with van der Waals surface area (Å²) in [5.41, 5.74) is 2.51. The van der Waals surface area contributed by atoms with Gasteiger partial charge in [0.05, 0.1) is 48.8 Å². The van der Waals surface area contributed by atoms with E-state index in [0.29, 0.717) is 34.6 Å². The number of benzene rings is 3. The second-order valence-corrected chi connectivity index (χ2v) is 12.2. The Morgan fingerprint density at radius 3 is 2.45 bits per heavy atom. The predicted molar refractivity (Wildman–Crippen MR) is 180 cm³/mol. The number of amides is 2. The van der Waals surface area contributed by atoms with Gasteiger partial charge in [0.2, 0.25) is 0 Å². The first-order valence-corrected chi connectivity index (χ1v) is 16.6. The molecule has 1 unspecified atom stereocenters. The van der Waals surface area contributed by atoms with Gasteiger partial charge in [0.1, 0.15) is 17.2 Å². The molecule has 2 aromatic heterocycles. The Morgan fingerprint density at radius 2 is 1.70 bits per heavy atom. The number of methoxy groups -OCH3 is 2. The second kappa shape index (κ2) is 15.0. The highest BCUT2D eigenvalue weighted by atomic mass is 32.2. The molecule has 1 aliphatic heterocycles. The Balaban J connectivity index is 1.21. The summed E-state index contributed by atoms with van der Waals surface area (Å²) >= 11 is 2.84. The molecule has 13 heteroatoms. The van der Waals surface area contributed by atoms with Gasteiger partial charge in [0, 0.05) is 6.42 Å². The van der Waals surface area contributed by atoms with E-state index in [1.54, 1.807) is 47.3 Å². The van der Waals surface area contributed by atoms with Crippen LogP contribution in [-0.4, -0.2) is 63.9 Å². The molecular weight excluding hydrogens is 637 g/mol. The van der Waals surface area contributed by atoms with Crippen molar-refractivity contribution in [1.29, 1.82) is 0 Å². The summed E-state index contributed by atoms with van der Waals surface area (Å²) in [5, 5.41) is 20.5. The molecule has 6 rings (SSSR count). The van der Waals surface area contributed by atoms with Crippen LogP contribution in [0.3, 0.4) is 0 Å². The van der Waals surface area contributed by atoms with Gasteiger partial charge < -0.3 is 19.5 Å². The highest BCUT2D eigenvalue weighted by molar-refractivity contribution is 7.99. The fraction of sp³-hybridized carbons (Fsp3) is 0.206. The lowest BCUT2D eigenvalue weighted by atomic mass is 10.0. The molecular formula is C34H32N6O5S2. The molecule has 3 aromatic carbocycles. The van der Waals surface area contributed by atoms with Gasteiger partial charge in [-0.15, -0.1) is 21.5 Å². The Labute approximate surface area is 280 Å². The third-order valence-corrected chi connectivity index (χ3v) is 9.21. The number of ether oxygens (including phenoxy) is 3. The van der Waals surface area contributed by atoms with Crippen LogP contribution in [0.25, 0.3) is 5.69 Å². The zero-order valence-corrected chi connectivity index (χ0v) is 27.4. The molecule has 5 aromatic rings. The summed E-state index contributed by atoms with van der Waals surface area (Å²) in [7, 11) is 3.21. The van der Waals surface area contributed by atoms with Crippen LogP contribution in [-0.2, 0) is 16.1 Å². The number of nitrogens with zero attached hydrogens (tertiary/aromatic N) is 5. The molecule has 0 saturated heterocycles. The Bertz CT molecular complexity index is 1840. The van der Waals surface area contributed by atoms with Gasteiger partial charge >= 0.3 is 0 Å². The number of hydrazone groups is 1. The average molecular weight is 669 g/mol. The van der Waals surface area contributed by atoms with Gasteiger partial charge in [-0.25, -0.2) is 5.01 Å². The number of rotatable bonds is 13. The smallest absolute Gasteiger partial charge is 0.258 e. The van der Waals surface area contributed by atoms with Crippen LogP contribution >= 0.6 is 23.1 Å². The molecule has 0 aliphatic carbocycles. The van der Waals surface area contributed by atoms with Crippen molar-refractivity contribution in [3.63, 3.8) is 0 Å². The van der Waals surface area contributed by atoms with Crippen molar-refractivity contribution >= 4 is 40.6 Å². The maximum absolute atomic E-state index is 13.8. The van der Waals surface area contributed by atoms with Gasteiger partial charge in [-0.1, -0.05) is 60.3 Å². The van der Waals surface area contributed by atoms with Gasteiger partial charge in [-0.05, 0) is 53.4 Å². The van der Waals surface area contributed by atoms with Gasteiger partial charge in [0.25, 0.3) is 11.8 Å². The maximum atomic E-state index is 13.8. The zero-order valence-electron chi connectivity index (χ0n) is 25.7. The van der Waals surface area contributed by atoms with Crippen molar-refractivity contribution in [2.24, 2.45) is 5.10 Å². The fourth-order valence-electron chi connectivity index (χ4n) is 5.07. The second-order valence-electron chi connectivity index (χ2n) is 10.3. The molecule has 47 heavy (non-hydrogen) atoms. The molecule has 1 atom stereocenters. The number of para-hydroxylation sites is 3. The number of thiophene rings is 1. The molecule has 1 aliphatic rings. The largest absolute Gasteiger partial charge is 0.497 e. The fourth-order valence-corrected chi connectivity index (χ4v) is 6.61. The van der Waals surface area contributed by atoms with E-state index in [9.17, 15) is 9.59 Å². The summed E-state index contributed by atoms with van der Waals surface area (Å²) < 4.78 is 18.3. The van der Waals surface area contributed by atoms with Crippen LogP contribution in [0.15, 0.2) is 107 Å². The first-order valence-electron chi connectivity index (χ1n) is 14.8. The van der Waals surface area contributed by atoms with E-state index in [4.69, 9.17) is 19.3 Å². The Kier molecular flexibility index (Phi) is 10.1. The van der Waals surface area contributed by atoms with E-state index in [1.807, 2.05) is 84.2 Å². The van der Waals surface area contributed by atoms with Crippen LogP contribution in [0.1, 0.15) is 28.7 Å². The van der Waals surface area contributed by atoms with Crippen molar-refractivity contribution in [3.05, 3.63) is 113 Å². The molecule has 2 amide bonds. The van der Waals surface area contributed by atoms with Crippen LogP contribution in [0.2, 0.25) is 0 Å². The van der Waals surface area contributed by atoms with E-state index < -0.39 is 0 Å². The van der Waals surface area contributed by atoms with Crippen LogP contribution < -0.4 is 19.5 Å². The summed E-state index contributed by atoms with van der Waals surface area (Å²) in [5.74, 6) is 1.96. The van der Waals surface area contributed by atoms with Crippen molar-refractivity contribution in [2.45, 2.75) is 24.2 Å². The van der Waals surface area contributed by atoms with Crippen LogP contribution in [0.4, 0.5) is 0 Å². The molecule has 0 bridgehead atoms. The third kappa shape index (κ3) is 7.47. The van der Waals surface area contributed by atoms with Crippen molar-refractivity contribution in [3.8, 4) is 22.9 Å². The van der Waals surface area contributed by atoms with Gasteiger partial charge in [0.15, 0.2) is 17.6 Å². The Hall–Kier alpha value is -5.14. The summed E-state index contributed by atoms with van der Waals surface area (Å²) in [6.07, 6.45) is 0.596. The molecule has 0 radical (unpaired) electrons. The standard InChI is InChI=1S/C34H32N6O5S2/c1-43-24-16-14-23(15-17-24)28-19-26(30-13-8-18-46-30)38-40(28)33(42)22-47-34-37-36-31(39(34)27-11-6-7-12-29(27)44-2)20-35-32(41)21-45-25-9-4-3-5-10-25/h3-18,28H,19-22H2,1-2H3,(H,35,41). The lowest BCUT2D eigenvalue weighted by Crippen LogP contribution is -2.29. The predicted octanol–water partition coefficient (Wildman–Crippen LogP) is 5.51. The first-order chi connectivity index (χ1) is 23.0. The molecule has 1 N–H and O–H groups in total. The lowest BCUT2D eigenvalue weighted by molar-refractivity contribution is -0.130. The highest BCUT2D eigenvalue weighted by Crippen LogP contribution is 2.36. The molecule has 240 valence electrons. The summed E-state index contributed by atoms with van der Waals surface area (Å²) in [4.78, 5) is 27.5.